The number of carboxylic acids is 1. The maximum atomic E-state index is 10.0. The first-order valence-corrected chi connectivity index (χ1v) is 3.37. The van der Waals surface area contributed by atoms with Gasteiger partial charge in [0.1, 0.15) is 24.6 Å². The topological polar surface area (TPSA) is 144 Å². The van der Waals surface area contributed by atoms with Crippen molar-refractivity contribution in [1.82, 2.24) is 0 Å². The van der Waals surface area contributed by atoms with E-state index in [1.54, 1.807) is 0 Å². The van der Waals surface area contributed by atoms with Crippen molar-refractivity contribution in [2.24, 2.45) is 5.73 Å². The SMILES string of the molecule is N[C@@H](C=O)[C@@H](O)[C@H](O)[C@H](O)C(=O)[O-].[Ag+]. The van der Waals surface area contributed by atoms with Crippen molar-refractivity contribution >= 4 is 12.3 Å². The van der Waals surface area contributed by atoms with Gasteiger partial charge in [-0.2, -0.15) is 0 Å². The van der Waals surface area contributed by atoms with Crippen molar-refractivity contribution < 1.29 is 52.4 Å². The number of carbonyl (C=O) groups is 2. The van der Waals surface area contributed by atoms with Gasteiger partial charge in [-0.15, -0.1) is 0 Å². The van der Waals surface area contributed by atoms with Crippen LogP contribution in [-0.4, -0.2) is 51.9 Å². The molecule has 0 rings (SSSR count). The van der Waals surface area contributed by atoms with Gasteiger partial charge in [0, 0.05) is 0 Å². The van der Waals surface area contributed by atoms with Crippen LogP contribution in [0, 0.1) is 0 Å². The number of aliphatic hydroxyl groups excluding tert-OH is 3. The first-order chi connectivity index (χ1) is 5.91. The Bertz CT molecular complexity index is 201. The van der Waals surface area contributed by atoms with Crippen LogP contribution >= 0.6 is 0 Å². The third-order valence-corrected chi connectivity index (χ3v) is 1.47. The molecule has 0 fully saturated rings. The molecule has 0 amide bonds. The van der Waals surface area contributed by atoms with Gasteiger partial charge in [-0.3, -0.25) is 0 Å². The minimum Gasteiger partial charge on any atom is -0.547 e. The Morgan fingerprint density at radius 1 is 1.29 bits per heavy atom. The Morgan fingerprint density at radius 3 is 2.00 bits per heavy atom. The molecule has 0 spiro atoms. The summed E-state index contributed by atoms with van der Waals surface area (Å²) in [4.78, 5) is 20.0. The van der Waals surface area contributed by atoms with Crippen LogP contribution in [0.1, 0.15) is 0 Å². The zero-order chi connectivity index (χ0) is 10.6. The van der Waals surface area contributed by atoms with Crippen molar-refractivity contribution in [1.29, 1.82) is 0 Å². The van der Waals surface area contributed by atoms with Crippen LogP contribution in [0.3, 0.4) is 0 Å². The van der Waals surface area contributed by atoms with Crippen LogP contribution in [0.25, 0.3) is 0 Å². The summed E-state index contributed by atoms with van der Waals surface area (Å²) >= 11 is 0. The van der Waals surface area contributed by atoms with Crippen LogP contribution in [0.2, 0.25) is 0 Å². The minimum atomic E-state index is -2.28. The fourth-order valence-corrected chi connectivity index (χ4v) is 0.634. The van der Waals surface area contributed by atoms with Gasteiger partial charge in [-0.25, -0.2) is 0 Å². The number of aliphatic hydroxyl groups is 3. The smallest absolute Gasteiger partial charge is 0.547 e. The fourth-order valence-electron chi connectivity index (χ4n) is 0.634. The Kier molecular flexibility index (Phi) is 8.16. The summed E-state index contributed by atoms with van der Waals surface area (Å²) in [6, 6.07) is -1.45. The molecule has 0 aromatic carbocycles. The number of carbonyl (C=O) groups excluding carboxylic acids is 2. The molecule has 0 unspecified atom stereocenters. The molecule has 0 aromatic rings. The second-order valence-electron chi connectivity index (χ2n) is 2.46. The molecule has 0 heterocycles. The van der Waals surface area contributed by atoms with Crippen molar-refractivity contribution in [3.63, 3.8) is 0 Å². The van der Waals surface area contributed by atoms with E-state index < -0.39 is 30.3 Å². The summed E-state index contributed by atoms with van der Waals surface area (Å²) in [5, 5.41) is 36.5. The van der Waals surface area contributed by atoms with Crippen molar-refractivity contribution in [2.45, 2.75) is 24.4 Å². The quantitative estimate of drug-likeness (QED) is 0.295. The van der Waals surface area contributed by atoms with Gasteiger partial charge in [0.05, 0.1) is 12.0 Å². The molecule has 14 heavy (non-hydrogen) atoms. The van der Waals surface area contributed by atoms with E-state index in [0.717, 1.165) is 0 Å². The van der Waals surface area contributed by atoms with Gasteiger partial charge in [0.2, 0.25) is 0 Å². The third kappa shape index (κ3) is 4.29. The average molecular weight is 300 g/mol. The number of carboxylic acid groups (broad SMARTS) is 1. The number of rotatable bonds is 5. The van der Waals surface area contributed by atoms with E-state index >= 15 is 0 Å². The summed E-state index contributed by atoms with van der Waals surface area (Å²) in [6.45, 7) is 0. The Labute approximate surface area is 95.0 Å². The summed E-state index contributed by atoms with van der Waals surface area (Å²) < 4.78 is 0. The van der Waals surface area contributed by atoms with Crippen LogP contribution in [-0.2, 0) is 32.0 Å². The minimum absolute atomic E-state index is 0. The van der Waals surface area contributed by atoms with Gasteiger partial charge in [-0.1, -0.05) is 0 Å². The van der Waals surface area contributed by atoms with Crippen LogP contribution in [0.4, 0.5) is 0 Å². The molecule has 86 valence electrons. The molecule has 5 N–H and O–H groups in total. The van der Waals surface area contributed by atoms with Gasteiger partial charge in [-0.05, 0) is 0 Å². The summed E-state index contributed by atoms with van der Waals surface area (Å²) in [7, 11) is 0. The van der Waals surface area contributed by atoms with Crippen LogP contribution in [0.15, 0.2) is 0 Å². The summed E-state index contributed by atoms with van der Waals surface area (Å²) in [5.41, 5.74) is 4.95. The predicted octanol–water partition coefficient (Wildman–Crippen LogP) is -4.66. The van der Waals surface area contributed by atoms with Gasteiger partial charge in [0.15, 0.2) is 0 Å². The van der Waals surface area contributed by atoms with Gasteiger partial charge in [0.25, 0.3) is 0 Å². The number of hydrogen-bond acceptors (Lipinski definition) is 7. The van der Waals surface area contributed by atoms with E-state index in [4.69, 9.17) is 21.1 Å². The van der Waals surface area contributed by atoms with E-state index in [9.17, 15) is 14.7 Å². The standard InChI is InChI=1S/C6H11NO6.Ag/c7-2(1-8)3(9)4(10)5(11)6(12)13;/h1-5,9-11H,7H2,(H,12,13);/q;+1/p-1/t2-,3+,4-,5-;/m0./s1. The van der Waals surface area contributed by atoms with E-state index in [-0.39, 0.29) is 28.7 Å². The van der Waals surface area contributed by atoms with E-state index in [2.05, 4.69) is 0 Å². The Hall–Kier alpha value is -0.280. The molecule has 0 bridgehead atoms. The first-order valence-electron chi connectivity index (χ1n) is 3.37. The molecule has 0 aliphatic heterocycles. The number of aliphatic carboxylic acids is 1. The summed E-state index contributed by atoms with van der Waals surface area (Å²) in [5.74, 6) is -1.95. The van der Waals surface area contributed by atoms with Crippen molar-refractivity contribution in [3.05, 3.63) is 0 Å². The molecule has 0 radical (unpaired) electrons. The monoisotopic (exact) mass is 299 g/mol. The number of hydrogen-bond donors (Lipinski definition) is 4. The zero-order valence-electron chi connectivity index (χ0n) is 6.83. The van der Waals surface area contributed by atoms with Gasteiger partial charge < -0.3 is 35.7 Å². The second-order valence-corrected chi connectivity index (χ2v) is 2.46. The third-order valence-electron chi connectivity index (χ3n) is 1.47. The van der Waals surface area contributed by atoms with Crippen molar-refractivity contribution in [3.8, 4) is 0 Å². The van der Waals surface area contributed by atoms with Crippen LogP contribution in [0.5, 0.6) is 0 Å². The molecule has 0 saturated carbocycles. The number of nitrogens with two attached hydrogens (primary N) is 1. The van der Waals surface area contributed by atoms with Crippen LogP contribution < -0.4 is 10.8 Å². The van der Waals surface area contributed by atoms with E-state index in [1.807, 2.05) is 0 Å². The predicted molar refractivity (Wildman–Crippen MR) is 37.1 cm³/mol. The molecule has 0 aromatic heterocycles. The van der Waals surface area contributed by atoms with E-state index in [0.29, 0.717) is 0 Å². The molecule has 0 aliphatic carbocycles. The molecular formula is C6H10AgNO6. The normalized spacial score (nSPS) is 18.6. The second kappa shape index (κ2) is 7.07. The Morgan fingerprint density at radius 2 is 1.71 bits per heavy atom. The van der Waals surface area contributed by atoms with E-state index in [1.165, 1.54) is 0 Å². The number of aldehydes is 1. The molecular weight excluding hydrogens is 290 g/mol. The van der Waals surface area contributed by atoms with Gasteiger partial charge >= 0.3 is 22.4 Å². The maximum Gasteiger partial charge on any atom is 1.00 e. The molecule has 0 aliphatic rings. The molecule has 7 nitrogen and oxygen atoms in total. The average Bonchev–Trinajstić information content (AvgIpc) is 2.12. The molecule has 8 heteroatoms. The molecule has 0 saturated heterocycles. The zero-order valence-corrected chi connectivity index (χ0v) is 8.31. The largest absolute Gasteiger partial charge is 1.00 e. The summed E-state index contributed by atoms with van der Waals surface area (Å²) in [6.07, 6.45) is -6.05. The Balaban J connectivity index is 0. The maximum absolute atomic E-state index is 10.0. The fraction of sp³-hybridized carbons (Fsp3) is 0.667. The van der Waals surface area contributed by atoms with Crippen molar-refractivity contribution in [2.75, 3.05) is 0 Å². The first kappa shape index (κ1) is 16.2. The molecule has 4 atom stereocenters.